The molecule has 5 rings (SSSR count). The van der Waals surface area contributed by atoms with Crippen molar-refractivity contribution < 1.29 is 4.74 Å². The van der Waals surface area contributed by atoms with Crippen molar-refractivity contribution in [1.82, 2.24) is 14.9 Å². The van der Waals surface area contributed by atoms with E-state index >= 15 is 0 Å². The van der Waals surface area contributed by atoms with Gasteiger partial charge in [0.2, 0.25) is 11.8 Å². The molecule has 7 heteroatoms. The molecular weight excluding hydrogens is 514 g/mol. The van der Waals surface area contributed by atoms with Gasteiger partial charge in [-0.25, -0.2) is 4.98 Å². The van der Waals surface area contributed by atoms with Crippen LogP contribution in [-0.2, 0) is 0 Å². The molecule has 0 saturated carbocycles. The first-order valence-corrected chi connectivity index (χ1v) is 15.5. The fourth-order valence-electron chi connectivity index (χ4n) is 5.84. The average Bonchev–Trinajstić information content (AvgIpc) is 3.04. The number of hydrogen-bond donors (Lipinski definition) is 1. The Morgan fingerprint density at radius 2 is 1.77 bits per heavy atom. The van der Waals surface area contributed by atoms with Crippen molar-refractivity contribution in [3.05, 3.63) is 59.7 Å². The summed E-state index contributed by atoms with van der Waals surface area (Å²) in [6.45, 7) is 19.8. The van der Waals surface area contributed by atoms with Gasteiger partial charge in [0, 0.05) is 41.8 Å². The number of hydrogen-bond acceptors (Lipinski definition) is 7. The third-order valence-electron chi connectivity index (χ3n) is 7.94. The minimum absolute atomic E-state index is 0.0332. The van der Waals surface area contributed by atoms with Crippen molar-refractivity contribution in [2.75, 3.05) is 35.8 Å². The second-order valence-corrected chi connectivity index (χ2v) is 13.9. The Morgan fingerprint density at radius 1 is 1.02 bits per heavy atom. The molecule has 214 valence electrons. The van der Waals surface area contributed by atoms with E-state index in [-0.39, 0.29) is 17.6 Å². The Kier molecular flexibility index (Phi) is 8.62. The normalized spacial score (nSPS) is 19.8. The number of fused-ring (bicyclic) bond motifs is 7. The van der Waals surface area contributed by atoms with Crippen LogP contribution >= 0.6 is 11.9 Å². The third kappa shape index (κ3) is 6.92. The van der Waals surface area contributed by atoms with Gasteiger partial charge >= 0.3 is 0 Å². The highest BCUT2D eigenvalue weighted by molar-refractivity contribution is 8.00. The van der Waals surface area contributed by atoms with Crippen LogP contribution in [0.5, 0.6) is 5.88 Å². The molecule has 6 bridgehead atoms. The number of ether oxygens (including phenoxy) is 1. The Hall–Kier alpha value is -2.77. The summed E-state index contributed by atoms with van der Waals surface area (Å²) in [7, 11) is 0. The first kappa shape index (κ1) is 28.7. The van der Waals surface area contributed by atoms with Crippen LogP contribution < -0.4 is 14.4 Å². The molecule has 1 fully saturated rings. The smallest absolute Gasteiger partial charge is 0.237 e. The summed E-state index contributed by atoms with van der Waals surface area (Å²) in [6.07, 6.45) is 2.17. The molecule has 0 spiro atoms. The van der Waals surface area contributed by atoms with Gasteiger partial charge in [0.1, 0.15) is 6.10 Å². The van der Waals surface area contributed by atoms with Gasteiger partial charge in [0.15, 0.2) is 0 Å². The lowest BCUT2D eigenvalue weighted by Crippen LogP contribution is -2.48. The lowest BCUT2D eigenvalue weighted by molar-refractivity contribution is 0.110. The van der Waals surface area contributed by atoms with E-state index in [0.717, 1.165) is 55.2 Å². The van der Waals surface area contributed by atoms with Gasteiger partial charge in [-0.15, -0.1) is 0 Å². The van der Waals surface area contributed by atoms with Crippen molar-refractivity contribution in [3.8, 4) is 17.1 Å². The number of aromatic nitrogens is 2. The summed E-state index contributed by atoms with van der Waals surface area (Å²) in [6, 6.07) is 17.5. The summed E-state index contributed by atoms with van der Waals surface area (Å²) in [5.41, 5.74) is 5.98. The minimum atomic E-state index is -0.0332. The number of aryl methyl sites for hydroxylation is 2. The fourth-order valence-corrected chi connectivity index (χ4v) is 6.47. The Morgan fingerprint density at radius 3 is 2.50 bits per heavy atom. The van der Waals surface area contributed by atoms with E-state index < -0.39 is 0 Å². The van der Waals surface area contributed by atoms with E-state index in [1.165, 1.54) is 16.8 Å². The van der Waals surface area contributed by atoms with Gasteiger partial charge in [-0.1, -0.05) is 58.9 Å². The first-order chi connectivity index (χ1) is 19.1. The molecule has 0 amide bonds. The molecule has 3 aromatic rings. The van der Waals surface area contributed by atoms with Crippen LogP contribution in [-0.4, -0.2) is 53.2 Å². The lowest BCUT2D eigenvalue weighted by Gasteiger charge is -2.37. The largest absolute Gasteiger partial charge is 0.471 e. The number of anilines is 2. The average molecular weight is 560 g/mol. The molecule has 2 atom stereocenters. The second kappa shape index (κ2) is 12.0. The van der Waals surface area contributed by atoms with Crippen LogP contribution in [0.3, 0.4) is 0 Å². The topological polar surface area (TPSA) is 53.5 Å². The van der Waals surface area contributed by atoms with E-state index in [9.17, 15) is 0 Å². The zero-order chi connectivity index (χ0) is 28.4. The van der Waals surface area contributed by atoms with E-state index in [1.54, 1.807) is 11.9 Å². The van der Waals surface area contributed by atoms with Gasteiger partial charge in [0.25, 0.3) is 0 Å². The summed E-state index contributed by atoms with van der Waals surface area (Å²) in [5.74, 6) is 1.75. The summed E-state index contributed by atoms with van der Waals surface area (Å²) in [4.78, 5) is 16.2. The highest BCUT2D eigenvalue weighted by atomic mass is 32.2. The number of benzene rings is 2. The van der Waals surface area contributed by atoms with E-state index in [4.69, 9.17) is 14.7 Å². The molecule has 0 aliphatic carbocycles. The number of nitrogens with one attached hydrogen (secondary N) is 1. The van der Waals surface area contributed by atoms with Gasteiger partial charge in [-0.3, -0.25) is 9.62 Å². The predicted molar refractivity (Wildman–Crippen MR) is 168 cm³/mol. The van der Waals surface area contributed by atoms with Gasteiger partial charge in [0.05, 0.1) is 11.7 Å². The van der Waals surface area contributed by atoms with Gasteiger partial charge in [-0.05, 0) is 85.8 Å². The molecule has 1 aromatic heterocycles. The number of rotatable bonds is 5. The third-order valence-corrected chi connectivity index (χ3v) is 8.71. The molecule has 3 heterocycles. The molecule has 2 aliphatic heterocycles. The molecule has 2 aliphatic rings. The molecule has 2 aromatic carbocycles. The molecule has 0 radical (unpaired) electrons. The van der Waals surface area contributed by atoms with Crippen LogP contribution in [0.2, 0.25) is 0 Å². The van der Waals surface area contributed by atoms with Crippen molar-refractivity contribution in [2.45, 2.75) is 78.3 Å². The van der Waals surface area contributed by atoms with E-state index in [0.29, 0.717) is 17.7 Å². The van der Waals surface area contributed by atoms with Gasteiger partial charge in [-0.2, -0.15) is 4.98 Å². The zero-order valence-corrected chi connectivity index (χ0v) is 26.0. The quantitative estimate of drug-likeness (QED) is 0.323. The minimum Gasteiger partial charge on any atom is -0.471 e. The highest BCUT2D eigenvalue weighted by Crippen LogP contribution is 2.35. The van der Waals surface area contributed by atoms with Crippen molar-refractivity contribution in [3.63, 3.8) is 0 Å². The molecule has 2 unspecified atom stereocenters. The summed E-state index contributed by atoms with van der Waals surface area (Å²) in [5, 5.41) is 0. The van der Waals surface area contributed by atoms with E-state index in [1.807, 2.05) is 6.07 Å². The molecule has 6 nitrogen and oxygen atoms in total. The summed E-state index contributed by atoms with van der Waals surface area (Å²) < 4.78 is 10.4. The number of nitrogens with zero attached hydrogens (tertiary/aromatic N) is 4. The zero-order valence-electron chi connectivity index (χ0n) is 25.2. The van der Waals surface area contributed by atoms with Crippen LogP contribution in [0.1, 0.15) is 58.6 Å². The molecule has 1 saturated heterocycles. The SMILES string of the molecule is Cc1cccc(C)c1-c1cc2nc(n1)NSc1cccc(c1)N1CCN(CCC(C)(C)C)CC(O2)C1CC(C)C. The van der Waals surface area contributed by atoms with E-state index in [2.05, 4.69) is 105 Å². The highest BCUT2D eigenvalue weighted by Gasteiger charge is 2.36. The lowest BCUT2D eigenvalue weighted by atomic mass is 9.92. The Labute approximate surface area is 245 Å². The standard InChI is InChI=1S/C33H45N5OS/c1-22(2)18-28-29-21-37(15-14-33(5,6)7)16-17-38(28)25-12-9-13-26(19-25)40-36-32-34-27(20-30(35-32)39-29)31-23(3)10-8-11-24(31)4/h8-13,19-20,22,28-29H,14-18,21H2,1-7H3,(H,34,35,36). The van der Waals surface area contributed by atoms with Gasteiger partial charge < -0.3 is 9.64 Å². The molecule has 40 heavy (non-hydrogen) atoms. The van der Waals surface area contributed by atoms with Crippen LogP contribution in [0.4, 0.5) is 11.6 Å². The molecule has 1 N–H and O–H groups in total. The predicted octanol–water partition coefficient (Wildman–Crippen LogP) is 7.61. The Balaban J connectivity index is 1.61. The Bertz CT molecular complexity index is 1300. The van der Waals surface area contributed by atoms with Crippen LogP contribution in [0, 0.1) is 25.2 Å². The van der Waals surface area contributed by atoms with Crippen LogP contribution in [0.15, 0.2) is 53.4 Å². The van der Waals surface area contributed by atoms with Crippen LogP contribution in [0.25, 0.3) is 11.3 Å². The monoisotopic (exact) mass is 559 g/mol. The molecular formula is C33H45N5OS. The van der Waals surface area contributed by atoms with Crippen molar-refractivity contribution in [2.24, 2.45) is 11.3 Å². The maximum absolute atomic E-state index is 6.98. The fraction of sp³-hybridized carbons (Fsp3) is 0.515. The van der Waals surface area contributed by atoms with Crippen molar-refractivity contribution in [1.29, 1.82) is 0 Å². The second-order valence-electron chi connectivity index (χ2n) is 13.0. The first-order valence-electron chi connectivity index (χ1n) is 14.7. The van der Waals surface area contributed by atoms with Crippen molar-refractivity contribution >= 4 is 23.6 Å². The maximum Gasteiger partial charge on any atom is 0.237 e. The summed E-state index contributed by atoms with van der Waals surface area (Å²) >= 11 is 1.55. The maximum atomic E-state index is 6.98.